The lowest BCUT2D eigenvalue weighted by atomic mass is 9.47. The Morgan fingerprint density at radius 3 is 2.56 bits per heavy atom. The molecule has 236 valence electrons. The van der Waals surface area contributed by atoms with Crippen LogP contribution in [-0.4, -0.2) is 38.0 Å². The van der Waals surface area contributed by atoms with Gasteiger partial charge >= 0.3 is 6.09 Å². The van der Waals surface area contributed by atoms with Crippen LogP contribution in [-0.2, 0) is 4.74 Å². The van der Waals surface area contributed by atoms with E-state index in [2.05, 4.69) is 51.3 Å². The smallest absolute Gasteiger partial charge is 0.408 e. The van der Waals surface area contributed by atoms with Crippen LogP contribution in [0.15, 0.2) is 11.6 Å². The number of amides is 1. The van der Waals surface area contributed by atoms with Gasteiger partial charge in [0.05, 0.1) is 6.17 Å². The third-order valence-corrected chi connectivity index (χ3v) is 12.3. The van der Waals surface area contributed by atoms with Gasteiger partial charge in [-0.3, -0.25) is 0 Å². The van der Waals surface area contributed by atoms with Gasteiger partial charge in [-0.05, 0) is 130 Å². The minimum absolute atomic E-state index is 0.0381. The van der Waals surface area contributed by atoms with Crippen LogP contribution in [0, 0.1) is 46.3 Å². The summed E-state index contributed by atoms with van der Waals surface area (Å²) >= 11 is 0. The highest BCUT2D eigenvalue weighted by Crippen LogP contribution is 2.67. The Bertz CT molecular complexity index is 876. The van der Waals surface area contributed by atoms with Gasteiger partial charge in [-0.1, -0.05) is 65.5 Å². The maximum atomic E-state index is 12.6. The molecule has 1 amide bonds. The number of carbonyl (C=O) groups is 1. The van der Waals surface area contributed by atoms with E-state index < -0.39 is 6.17 Å². The highest BCUT2D eigenvalue weighted by atomic mass is 16.6. The molecule has 6 N–H and O–H groups in total. The fourth-order valence-electron chi connectivity index (χ4n) is 9.94. The second-order valence-corrected chi connectivity index (χ2v) is 15.3. The van der Waals surface area contributed by atoms with Gasteiger partial charge in [-0.15, -0.1) is 0 Å². The lowest BCUT2D eigenvalue weighted by Crippen LogP contribution is -2.51. The standard InChI is InChI=1S/C35H64N4O2/c1-24(2)9-8-10-25(3)29-13-14-30-28-12-11-26-23-27(15-18-34(26,4)31(28)16-19-35(29,30)5)41-33(40)39-32(37)17-22-38-21-7-6-20-36/h11,24-25,27-32,38H,6-10,12-23,36-37H2,1-5H3,(H,39,40)/t25-,27+,28+,29-,30+,31+,32?,34+,35-/m1/s1. The Morgan fingerprint density at radius 1 is 1.00 bits per heavy atom. The summed E-state index contributed by atoms with van der Waals surface area (Å²) in [6.45, 7) is 15.0. The van der Waals surface area contributed by atoms with E-state index in [-0.39, 0.29) is 17.6 Å². The van der Waals surface area contributed by atoms with Gasteiger partial charge in [0, 0.05) is 6.42 Å². The largest absolute Gasteiger partial charge is 0.446 e. The van der Waals surface area contributed by atoms with E-state index in [0.717, 1.165) is 87.2 Å². The first kappa shape index (κ1) is 32.8. The second-order valence-electron chi connectivity index (χ2n) is 15.3. The number of fused-ring (bicyclic) bond motifs is 5. The van der Waals surface area contributed by atoms with E-state index in [9.17, 15) is 4.79 Å². The lowest BCUT2D eigenvalue weighted by molar-refractivity contribution is -0.0582. The zero-order chi connectivity index (χ0) is 29.6. The third kappa shape index (κ3) is 7.70. The SMILES string of the molecule is CC(C)CCC[C@@H](C)[C@H]1CC[C@H]2[C@@H]3CC=C4C[C@@H](OC(=O)NC(N)CCNCCCCN)CC[C@]4(C)[C@H]3CC[C@]12C. The number of unbranched alkanes of at least 4 members (excludes halogenated alkanes) is 1. The average molecular weight is 573 g/mol. The van der Waals surface area contributed by atoms with Crippen LogP contribution in [0.1, 0.15) is 125 Å². The molecule has 4 rings (SSSR count). The van der Waals surface area contributed by atoms with Gasteiger partial charge in [0.15, 0.2) is 0 Å². The molecular weight excluding hydrogens is 508 g/mol. The summed E-state index contributed by atoms with van der Waals surface area (Å²) in [5.41, 5.74) is 14.1. The van der Waals surface area contributed by atoms with Crippen molar-refractivity contribution in [1.82, 2.24) is 10.6 Å². The van der Waals surface area contributed by atoms with E-state index in [1.54, 1.807) is 5.57 Å². The molecule has 3 saturated carbocycles. The van der Waals surface area contributed by atoms with Gasteiger partial charge in [0.2, 0.25) is 0 Å². The summed E-state index contributed by atoms with van der Waals surface area (Å²) in [6.07, 6.45) is 18.6. The van der Waals surface area contributed by atoms with Crippen molar-refractivity contribution < 1.29 is 9.53 Å². The van der Waals surface area contributed by atoms with Crippen LogP contribution in [0.5, 0.6) is 0 Å². The molecule has 0 aromatic carbocycles. The Labute approximate surface area is 251 Å². The molecule has 9 atom stereocenters. The number of hydrogen-bond donors (Lipinski definition) is 4. The molecule has 6 heteroatoms. The Kier molecular flexibility index (Phi) is 11.7. The summed E-state index contributed by atoms with van der Waals surface area (Å²) in [4.78, 5) is 12.6. The first-order valence-electron chi connectivity index (χ1n) is 17.4. The summed E-state index contributed by atoms with van der Waals surface area (Å²) < 4.78 is 5.92. The van der Waals surface area contributed by atoms with Crippen molar-refractivity contribution in [3.05, 3.63) is 11.6 Å². The fourth-order valence-corrected chi connectivity index (χ4v) is 9.94. The minimum atomic E-state index is -0.391. The molecule has 4 aliphatic rings. The molecule has 6 nitrogen and oxygen atoms in total. The summed E-state index contributed by atoms with van der Waals surface area (Å²) in [5.74, 6) is 5.08. The molecule has 41 heavy (non-hydrogen) atoms. The van der Waals surface area contributed by atoms with Crippen LogP contribution < -0.4 is 22.1 Å². The van der Waals surface area contributed by atoms with Gasteiger partial charge < -0.3 is 26.8 Å². The lowest BCUT2D eigenvalue weighted by Gasteiger charge is -2.58. The molecule has 0 aromatic heterocycles. The van der Waals surface area contributed by atoms with E-state index in [1.165, 1.54) is 51.4 Å². The number of ether oxygens (including phenoxy) is 1. The first-order valence-corrected chi connectivity index (χ1v) is 17.4. The Hall–Kier alpha value is -1.11. The van der Waals surface area contributed by atoms with Crippen LogP contribution in [0.25, 0.3) is 0 Å². The van der Waals surface area contributed by atoms with Gasteiger partial charge in [-0.25, -0.2) is 4.79 Å². The van der Waals surface area contributed by atoms with Crippen molar-refractivity contribution in [2.24, 2.45) is 57.8 Å². The number of carbonyl (C=O) groups excluding carboxylic acids is 1. The van der Waals surface area contributed by atoms with Crippen molar-refractivity contribution in [3.63, 3.8) is 0 Å². The number of rotatable bonds is 14. The van der Waals surface area contributed by atoms with Crippen LogP contribution in [0.2, 0.25) is 0 Å². The quantitative estimate of drug-likeness (QED) is 0.101. The summed E-state index contributed by atoms with van der Waals surface area (Å²) in [7, 11) is 0. The van der Waals surface area contributed by atoms with Crippen molar-refractivity contribution >= 4 is 6.09 Å². The maximum Gasteiger partial charge on any atom is 0.408 e. The Balaban J connectivity index is 1.28. The van der Waals surface area contributed by atoms with E-state index in [0.29, 0.717) is 11.8 Å². The zero-order valence-corrected chi connectivity index (χ0v) is 27.2. The van der Waals surface area contributed by atoms with Crippen molar-refractivity contribution in [1.29, 1.82) is 0 Å². The Morgan fingerprint density at radius 2 is 1.80 bits per heavy atom. The normalized spacial score (nSPS) is 36.1. The van der Waals surface area contributed by atoms with Gasteiger partial charge in [-0.2, -0.15) is 0 Å². The predicted octanol–water partition coefficient (Wildman–Crippen LogP) is 7.13. The molecule has 0 saturated heterocycles. The van der Waals surface area contributed by atoms with E-state index in [4.69, 9.17) is 16.2 Å². The van der Waals surface area contributed by atoms with E-state index >= 15 is 0 Å². The third-order valence-electron chi connectivity index (χ3n) is 12.3. The molecule has 0 aliphatic heterocycles. The number of nitrogens with one attached hydrogen (secondary N) is 2. The predicted molar refractivity (Wildman–Crippen MR) is 170 cm³/mol. The molecule has 0 spiro atoms. The molecule has 0 heterocycles. The van der Waals surface area contributed by atoms with Crippen LogP contribution in [0.4, 0.5) is 4.79 Å². The molecule has 4 aliphatic carbocycles. The summed E-state index contributed by atoms with van der Waals surface area (Å²) in [5, 5.41) is 6.22. The summed E-state index contributed by atoms with van der Waals surface area (Å²) in [6, 6.07) is 0. The average Bonchev–Trinajstić information content (AvgIpc) is 3.28. The molecule has 0 aromatic rings. The van der Waals surface area contributed by atoms with Crippen molar-refractivity contribution in [3.8, 4) is 0 Å². The van der Waals surface area contributed by atoms with Gasteiger partial charge in [0.1, 0.15) is 6.10 Å². The van der Waals surface area contributed by atoms with Crippen molar-refractivity contribution in [2.75, 3.05) is 19.6 Å². The highest BCUT2D eigenvalue weighted by Gasteiger charge is 2.59. The van der Waals surface area contributed by atoms with Crippen molar-refractivity contribution in [2.45, 2.75) is 137 Å². The molecule has 3 fully saturated rings. The number of alkyl carbamates (subject to hydrolysis) is 1. The molecule has 1 unspecified atom stereocenters. The number of hydrogen-bond acceptors (Lipinski definition) is 5. The topological polar surface area (TPSA) is 102 Å². The monoisotopic (exact) mass is 573 g/mol. The molecule has 0 bridgehead atoms. The first-order chi connectivity index (χ1) is 19.6. The van der Waals surface area contributed by atoms with Crippen LogP contribution in [0.3, 0.4) is 0 Å². The molecule has 0 radical (unpaired) electrons. The second kappa shape index (κ2) is 14.6. The van der Waals surface area contributed by atoms with Crippen LogP contribution >= 0.6 is 0 Å². The zero-order valence-electron chi connectivity index (χ0n) is 27.2. The molecular formula is C35H64N4O2. The van der Waals surface area contributed by atoms with Gasteiger partial charge in [0.25, 0.3) is 0 Å². The number of nitrogens with two attached hydrogens (primary N) is 2. The van der Waals surface area contributed by atoms with E-state index in [1.807, 2.05) is 0 Å². The maximum absolute atomic E-state index is 12.6. The minimum Gasteiger partial charge on any atom is -0.446 e. The highest BCUT2D eigenvalue weighted by molar-refractivity contribution is 5.67. The number of allylic oxidation sites excluding steroid dienone is 1. The fraction of sp³-hybridized carbons (Fsp3) is 0.914.